The predicted molar refractivity (Wildman–Crippen MR) is 120 cm³/mol. The zero-order valence-electron chi connectivity index (χ0n) is 18.1. The molecule has 2 aliphatic rings. The van der Waals surface area contributed by atoms with E-state index in [4.69, 9.17) is 4.74 Å². The fourth-order valence-corrected chi connectivity index (χ4v) is 4.58. The van der Waals surface area contributed by atoms with Crippen LogP contribution in [0.2, 0.25) is 0 Å². The molecule has 0 radical (unpaired) electrons. The zero-order valence-corrected chi connectivity index (χ0v) is 18.9. The number of anilines is 1. The van der Waals surface area contributed by atoms with E-state index in [2.05, 4.69) is 28.0 Å². The molecule has 4 amide bonds. The van der Waals surface area contributed by atoms with Crippen LogP contribution in [0.5, 0.6) is 0 Å². The molecule has 1 aromatic heterocycles. The van der Waals surface area contributed by atoms with E-state index < -0.39 is 36.0 Å². The molecular formula is C22H25N5O5S. The standard InChI is InChI=1S/C22H25N5O5S/c1-14-7-9-22(10-8-14)19(30)27(21(31)25-22)26-17(28)12-32-18(29)16-13-33-20(24-16)23-11-15-5-3-2-4-6-15/h2-6,13-14H,7-12H2,1H3,(H,23,24)(H,25,31)(H,26,28). The lowest BCUT2D eigenvalue weighted by atomic mass is 9.77. The van der Waals surface area contributed by atoms with Crippen molar-refractivity contribution in [1.82, 2.24) is 20.7 Å². The Hall–Kier alpha value is -3.47. The van der Waals surface area contributed by atoms with E-state index in [-0.39, 0.29) is 5.69 Å². The lowest BCUT2D eigenvalue weighted by Gasteiger charge is -2.33. The third-order valence-corrected chi connectivity index (χ3v) is 6.66. The number of carbonyl (C=O) groups is 4. The first-order chi connectivity index (χ1) is 15.9. The maximum atomic E-state index is 12.8. The van der Waals surface area contributed by atoms with E-state index >= 15 is 0 Å². The monoisotopic (exact) mass is 471 g/mol. The number of amides is 4. The Kier molecular flexibility index (Phi) is 6.59. The van der Waals surface area contributed by atoms with Gasteiger partial charge < -0.3 is 15.4 Å². The molecule has 0 bridgehead atoms. The number of benzene rings is 1. The Morgan fingerprint density at radius 1 is 1.24 bits per heavy atom. The second-order valence-electron chi connectivity index (χ2n) is 8.32. The van der Waals surface area contributed by atoms with Crippen molar-refractivity contribution in [2.45, 2.75) is 44.7 Å². The van der Waals surface area contributed by atoms with Gasteiger partial charge in [-0.15, -0.1) is 11.3 Å². The van der Waals surface area contributed by atoms with Crippen molar-refractivity contribution in [2.24, 2.45) is 5.92 Å². The largest absolute Gasteiger partial charge is 0.451 e. The van der Waals surface area contributed by atoms with Gasteiger partial charge >= 0.3 is 12.0 Å². The highest BCUT2D eigenvalue weighted by Gasteiger charge is 2.52. The average Bonchev–Trinajstić information content (AvgIpc) is 3.38. The molecule has 0 unspecified atom stereocenters. The van der Waals surface area contributed by atoms with Gasteiger partial charge in [0.1, 0.15) is 5.54 Å². The van der Waals surface area contributed by atoms with Gasteiger partial charge in [0.25, 0.3) is 11.8 Å². The molecule has 1 saturated heterocycles. The lowest BCUT2D eigenvalue weighted by Crippen LogP contribution is -2.52. The van der Waals surface area contributed by atoms with Crippen LogP contribution in [-0.4, -0.2) is 46.0 Å². The van der Waals surface area contributed by atoms with E-state index in [1.54, 1.807) is 0 Å². The number of esters is 1. The minimum atomic E-state index is -0.961. The van der Waals surface area contributed by atoms with E-state index in [1.807, 2.05) is 30.3 Å². The van der Waals surface area contributed by atoms with Crippen molar-refractivity contribution >= 4 is 40.3 Å². The predicted octanol–water partition coefficient (Wildman–Crippen LogP) is 2.44. The molecule has 0 atom stereocenters. The SMILES string of the molecule is CC1CCC2(CC1)NC(=O)N(NC(=O)COC(=O)c1csc(NCc3ccccc3)n1)C2=O. The van der Waals surface area contributed by atoms with Crippen molar-refractivity contribution < 1.29 is 23.9 Å². The Morgan fingerprint density at radius 2 is 1.97 bits per heavy atom. The van der Waals surface area contributed by atoms with Crippen molar-refractivity contribution in [3.8, 4) is 0 Å². The number of carbonyl (C=O) groups excluding carboxylic acids is 4. The molecule has 174 valence electrons. The van der Waals surface area contributed by atoms with Crippen LogP contribution in [0, 0.1) is 5.92 Å². The summed E-state index contributed by atoms with van der Waals surface area (Å²) >= 11 is 1.24. The summed E-state index contributed by atoms with van der Waals surface area (Å²) in [5, 5.41) is 8.58. The summed E-state index contributed by atoms with van der Waals surface area (Å²) in [7, 11) is 0. The number of aromatic nitrogens is 1. The molecule has 1 saturated carbocycles. The van der Waals surface area contributed by atoms with Crippen LogP contribution in [-0.2, 0) is 20.9 Å². The highest BCUT2D eigenvalue weighted by molar-refractivity contribution is 7.13. The molecular weight excluding hydrogens is 446 g/mol. The number of imide groups is 1. The van der Waals surface area contributed by atoms with Crippen LogP contribution >= 0.6 is 11.3 Å². The molecule has 10 nitrogen and oxygen atoms in total. The Morgan fingerprint density at radius 3 is 2.70 bits per heavy atom. The minimum Gasteiger partial charge on any atom is -0.451 e. The molecule has 1 aliphatic carbocycles. The molecule has 1 spiro atoms. The molecule has 11 heteroatoms. The Labute approximate surface area is 194 Å². The van der Waals surface area contributed by atoms with Gasteiger partial charge in [0, 0.05) is 11.9 Å². The fourth-order valence-electron chi connectivity index (χ4n) is 3.90. The maximum absolute atomic E-state index is 12.8. The molecule has 33 heavy (non-hydrogen) atoms. The van der Waals surface area contributed by atoms with E-state index in [0.29, 0.717) is 35.4 Å². The van der Waals surface area contributed by atoms with Gasteiger partial charge in [-0.3, -0.25) is 15.0 Å². The highest BCUT2D eigenvalue weighted by Crippen LogP contribution is 2.35. The Balaban J connectivity index is 1.25. The number of hydrogen-bond donors (Lipinski definition) is 3. The van der Waals surface area contributed by atoms with Crippen LogP contribution in [0.1, 0.15) is 48.7 Å². The summed E-state index contributed by atoms with van der Waals surface area (Å²) in [6, 6.07) is 9.05. The Bertz CT molecular complexity index is 1050. The second-order valence-corrected chi connectivity index (χ2v) is 9.18. The summed E-state index contributed by atoms with van der Waals surface area (Å²) in [5.41, 5.74) is 2.41. The quantitative estimate of drug-likeness (QED) is 0.418. The molecule has 1 aliphatic heterocycles. The number of nitrogens with zero attached hydrogens (tertiary/aromatic N) is 2. The number of ether oxygens (including phenoxy) is 1. The molecule has 2 aromatic rings. The van der Waals surface area contributed by atoms with Crippen molar-refractivity contribution in [3.05, 3.63) is 47.0 Å². The van der Waals surface area contributed by atoms with Crippen LogP contribution in [0.3, 0.4) is 0 Å². The lowest BCUT2D eigenvalue weighted by molar-refractivity contribution is -0.141. The number of nitrogens with one attached hydrogen (secondary N) is 3. The van der Waals surface area contributed by atoms with Crippen LogP contribution in [0.4, 0.5) is 9.93 Å². The third-order valence-electron chi connectivity index (χ3n) is 5.86. The third kappa shape index (κ3) is 5.14. The highest BCUT2D eigenvalue weighted by atomic mass is 32.1. The van der Waals surface area contributed by atoms with E-state index in [1.165, 1.54) is 16.7 Å². The summed E-state index contributed by atoms with van der Waals surface area (Å²) in [6.45, 7) is 2.01. The summed E-state index contributed by atoms with van der Waals surface area (Å²) in [6.07, 6.45) is 2.71. The zero-order chi connectivity index (χ0) is 23.4. The first-order valence-corrected chi connectivity index (χ1v) is 11.6. The smallest absolute Gasteiger partial charge is 0.358 e. The van der Waals surface area contributed by atoms with E-state index in [9.17, 15) is 19.2 Å². The van der Waals surface area contributed by atoms with Crippen molar-refractivity contribution in [2.75, 3.05) is 11.9 Å². The van der Waals surface area contributed by atoms with Gasteiger partial charge in [0.15, 0.2) is 17.4 Å². The topological polar surface area (TPSA) is 130 Å². The molecule has 2 fully saturated rings. The van der Waals surface area contributed by atoms with Gasteiger partial charge in [-0.05, 0) is 37.2 Å². The van der Waals surface area contributed by atoms with Gasteiger partial charge in [-0.25, -0.2) is 14.6 Å². The molecule has 3 N–H and O–H groups in total. The number of thiazole rings is 1. The number of hydrazine groups is 1. The number of hydrogen-bond acceptors (Lipinski definition) is 8. The summed E-state index contributed by atoms with van der Waals surface area (Å²) in [4.78, 5) is 53.6. The second kappa shape index (κ2) is 9.57. The van der Waals surface area contributed by atoms with E-state index in [0.717, 1.165) is 18.4 Å². The van der Waals surface area contributed by atoms with Crippen molar-refractivity contribution in [3.63, 3.8) is 0 Å². The van der Waals surface area contributed by atoms with Crippen molar-refractivity contribution in [1.29, 1.82) is 0 Å². The van der Waals surface area contributed by atoms with Gasteiger partial charge in [0.05, 0.1) is 0 Å². The first-order valence-electron chi connectivity index (χ1n) is 10.7. The summed E-state index contributed by atoms with van der Waals surface area (Å²) in [5.74, 6) is -1.55. The first kappa shape index (κ1) is 22.7. The van der Waals surface area contributed by atoms with Gasteiger partial charge in [-0.1, -0.05) is 37.3 Å². The van der Waals surface area contributed by atoms with Crippen LogP contribution in [0.15, 0.2) is 35.7 Å². The maximum Gasteiger partial charge on any atom is 0.358 e. The number of rotatable bonds is 7. The molecule has 1 aromatic carbocycles. The van der Waals surface area contributed by atoms with Gasteiger partial charge in [0.2, 0.25) is 0 Å². The molecule has 2 heterocycles. The summed E-state index contributed by atoms with van der Waals surface area (Å²) < 4.78 is 4.99. The minimum absolute atomic E-state index is 0.0635. The molecule has 4 rings (SSSR count). The van der Waals surface area contributed by atoms with Gasteiger partial charge in [-0.2, -0.15) is 5.01 Å². The normalized spacial score (nSPS) is 22.2. The average molecular weight is 472 g/mol. The fraction of sp³-hybridized carbons (Fsp3) is 0.409. The van der Waals surface area contributed by atoms with Crippen LogP contribution in [0.25, 0.3) is 0 Å². The number of urea groups is 1. The van der Waals surface area contributed by atoms with Crippen LogP contribution < -0.4 is 16.1 Å².